The number of hydrogen-bond donors (Lipinski definition) is 0. The Hall–Kier alpha value is -4.68. The van der Waals surface area contributed by atoms with Gasteiger partial charge in [0.25, 0.3) is 0 Å². The summed E-state index contributed by atoms with van der Waals surface area (Å²) in [5.41, 5.74) is 20.9. The smallest absolute Gasteiger partial charge is 0.000730 e. The highest BCUT2D eigenvalue weighted by molar-refractivity contribution is 6.05. The molecule has 68 heavy (non-hydrogen) atoms. The highest BCUT2D eigenvalue weighted by Gasteiger charge is 2.36. The fourth-order valence-electron chi connectivity index (χ4n) is 10.7. The Kier molecular flexibility index (Phi) is 12.4. The zero-order valence-corrected chi connectivity index (χ0v) is 47.2. The molecule has 0 heterocycles. The minimum Gasteiger partial charge on any atom is -0.0616 e. The largest absolute Gasteiger partial charge is 0.0616 e. The van der Waals surface area contributed by atoms with Gasteiger partial charge in [0, 0.05) is 0 Å². The third-order valence-corrected chi connectivity index (χ3v) is 14.8. The van der Waals surface area contributed by atoms with E-state index in [2.05, 4.69) is 263 Å². The Morgan fingerprint density at radius 3 is 0.618 bits per heavy atom. The van der Waals surface area contributed by atoms with Gasteiger partial charge in [0.1, 0.15) is 0 Å². The standard InChI is InChI=1S/C68H88/c1-61(2,3)41-29-33-51(65(13,14)15)47(37-41)57-55-45-27-25-26-28-46(45)56(55)58(48-38-42(62(4,5)6)30-34-52(48)66(16,17)18)60(50-40-44(64(10,11)12)32-36-54(50)68(22,23)24)59(57)49-39-43(63(7,8)9)31-35-53(49)67(19,20)21/h25-40H,1-24H3. The van der Waals surface area contributed by atoms with Gasteiger partial charge in [-0.15, -0.1) is 0 Å². The summed E-state index contributed by atoms with van der Waals surface area (Å²) in [4.78, 5) is 0. The molecule has 0 nitrogen and oxygen atoms in total. The van der Waals surface area contributed by atoms with Crippen LogP contribution in [0.25, 0.3) is 44.5 Å². The predicted octanol–water partition coefficient (Wildman–Crippen LogP) is 19.6. The number of benzene rings is 6. The maximum absolute atomic E-state index is 2.62. The van der Waals surface area contributed by atoms with Crippen molar-refractivity contribution in [1.82, 2.24) is 0 Å². The molecule has 0 saturated carbocycles. The zero-order valence-electron chi connectivity index (χ0n) is 47.2. The van der Waals surface area contributed by atoms with Crippen molar-refractivity contribution in [2.75, 3.05) is 0 Å². The first-order valence-electron chi connectivity index (χ1n) is 25.8. The van der Waals surface area contributed by atoms with Crippen LogP contribution in [0, 0.1) is 20.9 Å². The molecule has 0 unspecified atom stereocenters. The fourth-order valence-corrected chi connectivity index (χ4v) is 10.7. The Morgan fingerprint density at radius 1 is 0.221 bits per heavy atom. The van der Waals surface area contributed by atoms with E-state index in [1.54, 1.807) is 0 Å². The maximum Gasteiger partial charge on any atom is -0.000730 e. The second kappa shape index (κ2) is 16.5. The molecule has 7 rings (SSSR count). The van der Waals surface area contributed by atoms with Crippen molar-refractivity contribution in [2.45, 2.75) is 209 Å². The number of hydrogen-bond acceptors (Lipinski definition) is 0. The van der Waals surface area contributed by atoms with Crippen molar-refractivity contribution in [2.24, 2.45) is 0 Å². The number of fused-ring (bicyclic) bond motifs is 2. The van der Waals surface area contributed by atoms with Crippen LogP contribution in [0.5, 0.6) is 0 Å². The van der Waals surface area contributed by atoms with Crippen molar-refractivity contribution < 1.29 is 0 Å². The fraction of sp³-hybridized carbons (Fsp3) is 0.471. The van der Waals surface area contributed by atoms with E-state index in [4.69, 9.17) is 0 Å². The molecule has 1 aliphatic carbocycles. The van der Waals surface area contributed by atoms with Crippen LogP contribution in [0.2, 0.25) is 0 Å². The lowest BCUT2D eigenvalue weighted by molar-refractivity contribution is 0.577. The second-order valence-corrected chi connectivity index (χ2v) is 28.8. The molecule has 6 aromatic carbocycles. The van der Waals surface area contributed by atoms with Crippen molar-refractivity contribution in [3.63, 3.8) is 0 Å². The minimum absolute atomic E-state index is 0.0582. The van der Waals surface area contributed by atoms with Crippen molar-refractivity contribution in [3.8, 4) is 44.5 Å². The first-order valence-corrected chi connectivity index (χ1v) is 25.8. The number of rotatable bonds is 4. The van der Waals surface area contributed by atoms with Gasteiger partial charge in [-0.05, 0) is 153 Å². The molecule has 0 heteroatoms. The quantitative estimate of drug-likeness (QED) is 0.165. The van der Waals surface area contributed by atoms with Gasteiger partial charge in [0.15, 0.2) is 0 Å². The Bertz CT molecular complexity index is 2930. The van der Waals surface area contributed by atoms with E-state index in [0.717, 1.165) is 0 Å². The van der Waals surface area contributed by atoms with Gasteiger partial charge < -0.3 is 0 Å². The van der Waals surface area contributed by atoms with Gasteiger partial charge in [-0.25, -0.2) is 0 Å². The Balaban J connectivity index is 2.03. The van der Waals surface area contributed by atoms with Crippen LogP contribution in [0.3, 0.4) is 0 Å². The SMILES string of the molecule is CC(C)(C)c1ccc(C(C)(C)C)c(-c2c(-c3cc(C(C)(C)C)ccc3C(C)(C)C)c(-c3cc(C(C)(C)C)ccc3C(C)(C)C)c3c(c2-c2cc(C(C)(C)C)ccc2C(C)(C)C)=c2ccccc2=3)c1. The Morgan fingerprint density at radius 2 is 0.426 bits per heavy atom. The van der Waals surface area contributed by atoms with Crippen LogP contribution < -0.4 is 0 Å². The normalized spacial score (nSPS) is 13.9. The Labute approximate surface area is 414 Å². The molecule has 0 atom stereocenters. The minimum atomic E-state index is -0.162. The molecule has 0 radical (unpaired) electrons. The molecule has 1 aliphatic rings. The summed E-state index contributed by atoms with van der Waals surface area (Å²) < 4.78 is 0. The van der Waals surface area contributed by atoms with Gasteiger partial charge in [0.2, 0.25) is 0 Å². The van der Waals surface area contributed by atoms with Crippen LogP contribution in [-0.4, -0.2) is 0 Å². The van der Waals surface area contributed by atoms with E-state index < -0.39 is 0 Å². The van der Waals surface area contributed by atoms with E-state index in [1.807, 2.05) is 0 Å². The molecule has 0 aromatic heterocycles. The molecule has 0 bridgehead atoms. The molecule has 0 saturated heterocycles. The molecular weight excluding hydrogens is 817 g/mol. The lowest BCUT2D eigenvalue weighted by atomic mass is 9.67. The first-order chi connectivity index (χ1) is 30.8. The van der Waals surface area contributed by atoms with Crippen molar-refractivity contribution >= 4 is 0 Å². The molecule has 6 aromatic rings. The van der Waals surface area contributed by atoms with Crippen LogP contribution in [0.4, 0.5) is 0 Å². The maximum atomic E-state index is 2.62. The highest BCUT2D eigenvalue weighted by Crippen LogP contribution is 2.56. The van der Waals surface area contributed by atoms with Crippen LogP contribution in [0.15, 0.2) is 97.1 Å². The van der Waals surface area contributed by atoms with Crippen molar-refractivity contribution in [3.05, 3.63) is 162 Å². The highest BCUT2D eigenvalue weighted by atomic mass is 14.4. The summed E-state index contributed by atoms with van der Waals surface area (Å²) >= 11 is 0. The summed E-state index contributed by atoms with van der Waals surface area (Å²) in [6.45, 7) is 57.6. The topological polar surface area (TPSA) is 0 Å². The summed E-state index contributed by atoms with van der Waals surface area (Å²) in [5, 5.41) is 5.47. The lowest BCUT2D eigenvalue weighted by Crippen LogP contribution is -2.20. The average Bonchev–Trinajstić information content (AvgIpc) is 3.18. The third kappa shape index (κ3) is 9.37. The van der Waals surface area contributed by atoms with Gasteiger partial charge in [-0.3, -0.25) is 0 Å². The average molecular weight is 905 g/mol. The zero-order chi connectivity index (χ0) is 50.9. The van der Waals surface area contributed by atoms with E-state index >= 15 is 0 Å². The van der Waals surface area contributed by atoms with E-state index in [0.29, 0.717) is 0 Å². The van der Waals surface area contributed by atoms with Gasteiger partial charge in [0.05, 0.1) is 0 Å². The monoisotopic (exact) mass is 905 g/mol. The van der Waals surface area contributed by atoms with Gasteiger partial charge in [-0.1, -0.05) is 263 Å². The molecule has 0 fully saturated rings. The van der Waals surface area contributed by atoms with Crippen molar-refractivity contribution in [1.29, 1.82) is 0 Å². The van der Waals surface area contributed by atoms with Crippen LogP contribution in [-0.2, 0) is 43.3 Å². The molecule has 0 N–H and O–H groups in total. The first kappa shape index (κ1) is 51.2. The van der Waals surface area contributed by atoms with Crippen LogP contribution >= 0.6 is 0 Å². The summed E-state index contributed by atoms with van der Waals surface area (Å²) in [6.07, 6.45) is 0. The van der Waals surface area contributed by atoms with E-state index in [9.17, 15) is 0 Å². The molecule has 0 amide bonds. The summed E-state index contributed by atoms with van der Waals surface area (Å²) in [5.74, 6) is 0. The summed E-state index contributed by atoms with van der Waals surface area (Å²) in [7, 11) is 0. The van der Waals surface area contributed by atoms with Crippen LogP contribution in [0.1, 0.15) is 211 Å². The third-order valence-electron chi connectivity index (χ3n) is 14.8. The molecule has 360 valence electrons. The van der Waals surface area contributed by atoms with E-state index in [-0.39, 0.29) is 43.3 Å². The molecule has 0 spiro atoms. The van der Waals surface area contributed by atoms with E-state index in [1.165, 1.54) is 110 Å². The van der Waals surface area contributed by atoms with Gasteiger partial charge in [-0.2, -0.15) is 0 Å². The summed E-state index contributed by atoms with van der Waals surface area (Å²) in [6, 6.07) is 39.4. The molecular formula is C68H88. The second-order valence-electron chi connectivity index (χ2n) is 28.8. The predicted molar refractivity (Wildman–Crippen MR) is 300 cm³/mol. The molecule has 0 aliphatic heterocycles. The lowest BCUT2D eigenvalue weighted by Gasteiger charge is -2.36. The van der Waals surface area contributed by atoms with Gasteiger partial charge >= 0.3 is 0 Å².